The van der Waals surface area contributed by atoms with E-state index in [2.05, 4.69) is 25.3 Å². The van der Waals surface area contributed by atoms with Crippen LogP contribution in [0, 0.1) is 0 Å². The Morgan fingerprint density at radius 1 is 0.800 bits per heavy atom. The fraction of sp³-hybridized carbons (Fsp3) is 0.714. The first-order valence-electron chi connectivity index (χ1n) is 6.55. The van der Waals surface area contributed by atoms with Gasteiger partial charge in [-0.25, -0.2) is 0 Å². The maximum absolute atomic E-state index is 3.88. The molecule has 1 saturated heterocycles. The Hall–Kier alpha value is -0.303. The van der Waals surface area contributed by atoms with Crippen molar-refractivity contribution < 1.29 is 0 Å². The van der Waals surface area contributed by atoms with E-state index >= 15 is 0 Å². The molecule has 0 aromatic carbocycles. The molecule has 1 fully saturated rings. The summed E-state index contributed by atoms with van der Waals surface area (Å²) in [6, 6.07) is 6.14. The second kappa shape index (κ2) is 7.05. The molecule has 0 amide bonds. The van der Waals surface area contributed by atoms with Crippen molar-refractivity contribution in [1.82, 2.24) is 0 Å². The van der Waals surface area contributed by atoms with Crippen molar-refractivity contribution >= 4 is 8.07 Å². The molecule has 1 rings (SSSR count). The average molecular weight is 222 g/mol. The van der Waals surface area contributed by atoms with Crippen LogP contribution in [0.4, 0.5) is 0 Å². The van der Waals surface area contributed by atoms with Crippen LogP contribution in [0.3, 0.4) is 0 Å². The molecule has 1 aliphatic heterocycles. The predicted molar refractivity (Wildman–Crippen MR) is 73.1 cm³/mol. The Balaban J connectivity index is 2.54. The number of rotatable bonds is 6. The van der Waals surface area contributed by atoms with Crippen LogP contribution in [0.2, 0.25) is 24.2 Å². The van der Waals surface area contributed by atoms with Crippen LogP contribution in [0.5, 0.6) is 0 Å². The zero-order chi connectivity index (χ0) is 11.0. The van der Waals surface area contributed by atoms with Gasteiger partial charge in [-0.2, -0.15) is 0 Å². The largest absolute Gasteiger partial charge is 0.103 e. The van der Waals surface area contributed by atoms with Gasteiger partial charge in [0.05, 0.1) is 8.07 Å². The monoisotopic (exact) mass is 222 g/mol. The summed E-state index contributed by atoms with van der Waals surface area (Å²) in [4.78, 5) is 0. The van der Waals surface area contributed by atoms with Crippen LogP contribution in [-0.4, -0.2) is 8.07 Å². The SMILES string of the molecule is C=CCC[Si]1(CCC=C)CCCCCC1. The van der Waals surface area contributed by atoms with E-state index in [0.29, 0.717) is 0 Å². The van der Waals surface area contributed by atoms with Gasteiger partial charge in [0.15, 0.2) is 0 Å². The quantitative estimate of drug-likeness (QED) is 0.430. The van der Waals surface area contributed by atoms with Gasteiger partial charge in [-0.15, -0.1) is 13.2 Å². The first-order valence-corrected chi connectivity index (χ1v) is 9.38. The summed E-state index contributed by atoms with van der Waals surface area (Å²) in [6.45, 7) is 7.76. The molecule has 0 spiro atoms. The molecule has 0 bridgehead atoms. The molecule has 1 aliphatic rings. The molecule has 1 heteroatoms. The molecule has 0 aromatic rings. The van der Waals surface area contributed by atoms with Crippen molar-refractivity contribution in [3.05, 3.63) is 25.3 Å². The van der Waals surface area contributed by atoms with E-state index in [1.807, 2.05) is 0 Å². The number of hydrogen-bond acceptors (Lipinski definition) is 0. The number of hydrogen-bond donors (Lipinski definition) is 0. The lowest BCUT2D eigenvalue weighted by molar-refractivity contribution is 0.720. The van der Waals surface area contributed by atoms with E-state index in [1.54, 1.807) is 12.1 Å². The summed E-state index contributed by atoms with van der Waals surface area (Å²) in [5.74, 6) is 0. The standard InChI is InChI=1S/C14H26Si/c1-3-5-11-15(12-6-4-2)13-9-7-8-10-14-15/h3-4H,1-2,5-14H2. The Morgan fingerprint density at radius 2 is 1.27 bits per heavy atom. The first-order chi connectivity index (χ1) is 7.33. The van der Waals surface area contributed by atoms with Crippen LogP contribution in [0.15, 0.2) is 25.3 Å². The van der Waals surface area contributed by atoms with Gasteiger partial charge in [0, 0.05) is 0 Å². The van der Waals surface area contributed by atoms with Gasteiger partial charge in [0.25, 0.3) is 0 Å². The van der Waals surface area contributed by atoms with Crippen LogP contribution in [0.1, 0.15) is 38.5 Å². The highest BCUT2D eigenvalue weighted by Crippen LogP contribution is 2.35. The summed E-state index contributed by atoms with van der Waals surface area (Å²) in [6.07, 6.45) is 12.7. The summed E-state index contributed by atoms with van der Waals surface area (Å²) in [5, 5.41) is 0. The highest BCUT2D eigenvalue weighted by Gasteiger charge is 2.31. The summed E-state index contributed by atoms with van der Waals surface area (Å²) in [7, 11) is -0.917. The zero-order valence-electron chi connectivity index (χ0n) is 10.1. The van der Waals surface area contributed by atoms with E-state index in [-0.39, 0.29) is 0 Å². The Morgan fingerprint density at radius 3 is 1.67 bits per heavy atom. The third kappa shape index (κ3) is 4.37. The lowest BCUT2D eigenvalue weighted by atomic mass is 10.2. The molecule has 0 N–H and O–H groups in total. The van der Waals surface area contributed by atoms with Crippen molar-refractivity contribution in [1.29, 1.82) is 0 Å². The summed E-state index contributed by atoms with van der Waals surface area (Å²) < 4.78 is 0. The maximum atomic E-state index is 3.88. The summed E-state index contributed by atoms with van der Waals surface area (Å²) >= 11 is 0. The second-order valence-electron chi connectivity index (χ2n) is 5.07. The van der Waals surface area contributed by atoms with Gasteiger partial charge in [0.1, 0.15) is 0 Å². The minimum absolute atomic E-state index is 0.917. The van der Waals surface area contributed by atoms with Crippen molar-refractivity contribution in [3.8, 4) is 0 Å². The highest BCUT2D eigenvalue weighted by atomic mass is 28.3. The topological polar surface area (TPSA) is 0 Å². The lowest BCUT2D eigenvalue weighted by Crippen LogP contribution is -2.32. The van der Waals surface area contributed by atoms with E-state index in [9.17, 15) is 0 Å². The van der Waals surface area contributed by atoms with Gasteiger partial charge in [-0.3, -0.25) is 0 Å². The van der Waals surface area contributed by atoms with Gasteiger partial charge in [-0.1, -0.05) is 62.0 Å². The van der Waals surface area contributed by atoms with Gasteiger partial charge < -0.3 is 0 Å². The van der Waals surface area contributed by atoms with Crippen LogP contribution < -0.4 is 0 Å². The van der Waals surface area contributed by atoms with Crippen LogP contribution >= 0.6 is 0 Å². The van der Waals surface area contributed by atoms with Gasteiger partial charge in [-0.05, 0) is 12.8 Å². The Labute approximate surface area is 96.5 Å². The van der Waals surface area contributed by atoms with Gasteiger partial charge in [0.2, 0.25) is 0 Å². The first kappa shape index (κ1) is 12.8. The fourth-order valence-electron chi connectivity index (χ4n) is 2.92. The van der Waals surface area contributed by atoms with E-state index in [1.165, 1.54) is 50.6 Å². The molecule has 0 unspecified atom stereocenters. The molecule has 0 aliphatic carbocycles. The van der Waals surface area contributed by atoms with E-state index in [0.717, 1.165) is 0 Å². The minimum Gasteiger partial charge on any atom is -0.103 e. The number of allylic oxidation sites excluding steroid dienone is 2. The van der Waals surface area contributed by atoms with Crippen molar-refractivity contribution in [2.75, 3.05) is 0 Å². The van der Waals surface area contributed by atoms with Crippen molar-refractivity contribution in [2.45, 2.75) is 62.7 Å². The Bertz CT molecular complexity index is 174. The van der Waals surface area contributed by atoms with Crippen molar-refractivity contribution in [2.24, 2.45) is 0 Å². The highest BCUT2D eigenvalue weighted by molar-refractivity contribution is 6.79. The van der Waals surface area contributed by atoms with E-state index < -0.39 is 8.07 Å². The molecule has 0 aromatic heterocycles. The fourth-order valence-corrected chi connectivity index (χ4v) is 8.05. The third-order valence-electron chi connectivity index (χ3n) is 3.92. The third-order valence-corrected chi connectivity index (χ3v) is 9.45. The molecular weight excluding hydrogens is 196 g/mol. The normalized spacial score (nSPS) is 20.5. The van der Waals surface area contributed by atoms with Crippen LogP contribution in [0.25, 0.3) is 0 Å². The molecule has 0 radical (unpaired) electrons. The molecular formula is C14H26Si. The molecule has 0 saturated carbocycles. The molecule has 1 heterocycles. The molecule has 15 heavy (non-hydrogen) atoms. The Kier molecular flexibility index (Phi) is 6.00. The van der Waals surface area contributed by atoms with E-state index in [4.69, 9.17) is 0 Å². The molecule has 0 atom stereocenters. The second-order valence-corrected chi connectivity index (χ2v) is 10.1. The van der Waals surface area contributed by atoms with Crippen molar-refractivity contribution in [3.63, 3.8) is 0 Å². The maximum Gasteiger partial charge on any atom is 0.0541 e. The van der Waals surface area contributed by atoms with Crippen LogP contribution in [-0.2, 0) is 0 Å². The van der Waals surface area contributed by atoms with Gasteiger partial charge >= 0.3 is 0 Å². The minimum atomic E-state index is -0.917. The lowest BCUT2D eigenvalue weighted by Gasteiger charge is -2.30. The predicted octanol–water partition coefficient (Wildman–Crippen LogP) is 5.16. The molecule has 0 nitrogen and oxygen atoms in total. The smallest absolute Gasteiger partial charge is 0.0541 e. The zero-order valence-corrected chi connectivity index (χ0v) is 11.1. The summed E-state index contributed by atoms with van der Waals surface area (Å²) in [5.41, 5.74) is 0. The average Bonchev–Trinajstić information content (AvgIpc) is 2.50. The molecule has 86 valence electrons.